The second-order valence-electron chi connectivity index (χ2n) is 4.77. The van der Waals surface area contributed by atoms with E-state index in [9.17, 15) is 9.59 Å². The van der Waals surface area contributed by atoms with E-state index in [2.05, 4.69) is 15.3 Å². The van der Waals surface area contributed by atoms with E-state index in [0.29, 0.717) is 5.69 Å². The zero-order valence-corrected chi connectivity index (χ0v) is 11.1. The van der Waals surface area contributed by atoms with Gasteiger partial charge in [-0.25, -0.2) is 9.78 Å². The van der Waals surface area contributed by atoms with Crippen LogP contribution in [0.5, 0.6) is 0 Å². The highest BCUT2D eigenvalue weighted by atomic mass is 16.4. The van der Waals surface area contributed by atoms with Gasteiger partial charge in [-0.15, -0.1) is 0 Å². The fourth-order valence-corrected chi connectivity index (χ4v) is 1.78. The molecule has 5 N–H and O–H groups in total. The molecule has 1 heterocycles. The third kappa shape index (κ3) is 4.36. The maximum Gasteiger partial charge on any atom is 0.326 e. The smallest absolute Gasteiger partial charge is 0.326 e. The Kier molecular flexibility index (Phi) is 5.50. The number of nitrogens with two attached hydrogens (primary N) is 1. The summed E-state index contributed by atoms with van der Waals surface area (Å²) in [5.74, 6) is -1.73. The highest BCUT2D eigenvalue weighted by Gasteiger charge is 2.26. The van der Waals surface area contributed by atoms with E-state index < -0.39 is 12.0 Å². The van der Waals surface area contributed by atoms with Gasteiger partial charge in [0.05, 0.1) is 12.2 Å². The Morgan fingerprint density at radius 3 is 2.63 bits per heavy atom. The van der Waals surface area contributed by atoms with Crippen molar-refractivity contribution in [3.63, 3.8) is 0 Å². The molecule has 0 saturated heterocycles. The average Bonchev–Trinajstić information content (AvgIpc) is 2.81. The molecule has 7 heteroatoms. The fraction of sp³-hybridized carbons (Fsp3) is 0.583. The molecule has 0 saturated carbocycles. The lowest BCUT2D eigenvalue weighted by Gasteiger charge is -2.21. The molecule has 0 aliphatic carbocycles. The molecule has 1 aromatic heterocycles. The lowest BCUT2D eigenvalue weighted by molar-refractivity contribution is -0.142. The van der Waals surface area contributed by atoms with Crippen LogP contribution in [0, 0.1) is 11.8 Å². The van der Waals surface area contributed by atoms with Gasteiger partial charge in [0.1, 0.15) is 6.04 Å². The minimum atomic E-state index is -1.08. The van der Waals surface area contributed by atoms with Crippen molar-refractivity contribution in [3.8, 4) is 0 Å². The Bertz CT molecular complexity index is 417. The van der Waals surface area contributed by atoms with Gasteiger partial charge >= 0.3 is 5.97 Å². The maximum absolute atomic E-state index is 12.0. The Morgan fingerprint density at radius 1 is 1.53 bits per heavy atom. The van der Waals surface area contributed by atoms with Gasteiger partial charge in [0.15, 0.2) is 0 Å². The number of aromatic amines is 1. The summed E-state index contributed by atoms with van der Waals surface area (Å²) in [4.78, 5) is 29.8. The Hall–Kier alpha value is -1.89. The fourth-order valence-electron chi connectivity index (χ4n) is 1.78. The first-order chi connectivity index (χ1) is 8.95. The van der Waals surface area contributed by atoms with Gasteiger partial charge < -0.3 is 21.1 Å². The van der Waals surface area contributed by atoms with E-state index in [0.717, 1.165) is 0 Å². The van der Waals surface area contributed by atoms with Crippen molar-refractivity contribution in [2.75, 3.05) is 6.54 Å². The summed E-state index contributed by atoms with van der Waals surface area (Å²) in [6, 6.07) is -0.985. The summed E-state index contributed by atoms with van der Waals surface area (Å²) in [5.41, 5.74) is 6.19. The van der Waals surface area contributed by atoms with Crippen molar-refractivity contribution in [2.45, 2.75) is 26.3 Å². The first kappa shape index (κ1) is 15.2. The van der Waals surface area contributed by atoms with Crippen LogP contribution in [0.3, 0.4) is 0 Å². The topological polar surface area (TPSA) is 121 Å². The van der Waals surface area contributed by atoms with Crippen LogP contribution in [0.25, 0.3) is 0 Å². The van der Waals surface area contributed by atoms with Crippen molar-refractivity contribution in [1.29, 1.82) is 0 Å². The third-order valence-electron chi connectivity index (χ3n) is 2.99. The summed E-state index contributed by atoms with van der Waals surface area (Å²) in [5, 5.41) is 11.7. The first-order valence-corrected chi connectivity index (χ1v) is 6.16. The number of H-pyrrole nitrogens is 1. The highest BCUT2D eigenvalue weighted by molar-refractivity contribution is 5.85. The summed E-state index contributed by atoms with van der Waals surface area (Å²) in [6.07, 6.45) is 3.16. The molecule has 19 heavy (non-hydrogen) atoms. The quantitative estimate of drug-likeness (QED) is 0.543. The number of aromatic nitrogens is 2. The highest BCUT2D eigenvalue weighted by Crippen LogP contribution is 2.10. The molecule has 2 atom stereocenters. The lowest BCUT2D eigenvalue weighted by atomic mass is 9.94. The Morgan fingerprint density at radius 2 is 2.21 bits per heavy atom. The molecule has 0 fully saturated rings. The summed E-state index contributed by atoms with van der Waals surface area (Å²) >= 11 is 0. The summed E-state index contributed by atoms with van der Waals surface area (Å²) in [7, 11) is 0. The predicted molar refractivity (Wildman–Crippen MR) is 69.2 cm³/mol. The number of hydrogen-bond donors (Lipinski definition) is 4. The van der Waals surface area contributed by atoms with E-state index in [1.165, 1.54) is 12.5 Å². The molecule has 1 aromatic rings. The normalized spacial score (nSPS) is 14.1. The molecule has 0 spiro atoms. The molecule has 0 aliphatic heterocycles. The second-order valence-corrected chi connectivity index (χ2v) is 4.77. The number of carboxylic acid groups (broad SMARTS) is 1. The van der Waals surface area contributed by atoms with E-state index in [1.54, 1.807) is 0 Å². The molecule has 7 nitrogen and oxygen atoms in total. The van der Waals surface area contributed by atoms with E-state index >= 15 is 0 Å². The molecule has 106 valence electrons. The number of aliphatic carboxylic acids is 1. The number of nitrogens with one attached hydrogen (secondary N) is 2. The number of carbonyl (C=O) groups excluding carboxylic acids is 1. The number of imidazole rings is 1. The largest absolute Gasteiger partial charge is 0.480 e. The molecular formula is C12H20N4O3. The number of hydrogen-bond acceptors (Lipinski definition) is 4. The molecule has 0 radical (unpaired) electrons. The molecule has 0 aliphatic rings. The second kappa shape index (κ2) is 6.89. The molecule has 0 bridgehead atoms. The van der Waals surface area contributed by atoms with Crippen LogP contribution in [0.4, 0.5) is 0 Å². The molecule has 1 unspecified atom stereocenters. The number of carbonyl (C=O) groups is 2. The maximum atomic E-state index is 12.0. The first-order valence-electron chi connectivity index (χ1n) is 6.16. The van der Waals surface area contributed by atoms with Crippen LogP contribution in [0.2, 0.25) is 0 Å². The van der Waals surface area contributed by atoms with Gasteiger partial charge in [-0.1, -0.05) is 13.8 Å². The Balaban J connectivity index is 2.68. The molecule has 0 aromatic carbocycles. The number of amides is 1. The van der Waals surface area contributed by atoms with E-state index in [-0.39, 0.29) is 30.7 Å². The van der Waals surface area contributed by atoms with Crippen molar-refractivity contribution in [1.82, 2.24) is 15.3 Å². The minimum absolute atomic E-state index is 0.0617. The Labute approximate surface area is 111 Å². The van der Waals surface area contributed by atoms with E-state index in [4.69, 9.17) is 10.8 Å². The van der Waals surface area contributed by atoms with Gasteiger partial charge in [0.2, 0.25) is 5.91 Å². The van der Waals surface area contributed by atoms with Crippen molar-refractivity contribution >= 4 is 11.9 Å². The standard InChI is InChI=1S/C12H20N4O3/c1-7(2)9(4-13)11(17)16-10(12(18)19)3-8-5-14-6-15-8/h5-7,9-10H,3-4,13H2,1-2H3,(H,14,15)(H,16,17)(H,18,19)/t9?,10-/m1/s1. The van der Waals surface area contributed by atoms with Crippen LogP contribution in [-0.2, 0) is 16.0 Å². The summed E-state index contributed by atoms with van der Waals surface area (Å²) in [6.45, 7) is 3.95. The number of rotatable bonds is 7. The zero-order chi connectivity index (χ0) is 14.4. The van der Waals surface area contributed by atoms with Gasteiger partial charge in [-0.05, 0) is 5.92 Å². The van der Waals surface area contributed by atoms with Crippen LogP contribution in [0.1, 0.15) is 19.5 Å². The van der Waals surface area contributed by atoms with Crippen LogP contribution in [0.15, 0.2) is 12.5 Å². The van der Waals surface area contributed by atoms with Crippen molar-refractivity contribution in [3.05, 3.63) is 18.2 Å². The SMILES string of the molecule is CC(C)C(CN)C(=O)N[C@H](Cc1cnc[nH]1)C(=O)O. The van der Waals surface area contributed by atoms with Gasteiger partial charge in [0.25, 0.3) is 0 Å². The predicted octanol–water partition coefficient (Wildman–Crippen LogP) is -0.247. The van der Waals surface area contributed by atoms with Crippen LogP contribution < -0.4 is 11.1 Å². The molecule has 1 amide bonds. The molecular weight excluding hydrogens is 248 g/mol. The number of nitrogens with zero attached hydrogens (tertiary/aromatic N) is 1. The van der Waals surface area contributed by atoms with Crippen molar-refractivity contribution < 1.29 is 14.7 Å². The lowest BCUT2D eigenvalue weighted by Crippen LogP contribution is -2.47. The minimum Gasteiger partial charge on any atom is -0.480 e. The van der Waals surface area contributed by atoms with Crippen molar-refractivity contribution in [2.24, 2.45) is 17.6 Å². The summed E-state index contributed by atoms with van der Waals surface area (Å²) < 4.78 is 0. The van der Waals surface area contributed by atoms with E-state index in [1.807, 2.05) is 13.8 Å². The molecule has 1 rings (SSSR count). The number of carboxylic acids is 1. The van der Waals surface area contributed by atoms with Crippen LogP contribution in [-0.4, -0.2) is 39.5 Å². The zero-order valence-electron chi connectivity index (χ0n) is 11.1. The average molecular weight is 268 g/mol. The van der Waals surface area contributed by atoms with Gasteiger partial charge in [0, 0.05) is 24.9 Å². The van der Waals surface area contributed by atoms with Crippen LogP contribution >= 0.6 is 0 Å². The van der Waals surface area contributed by atoms with Gasteiger partial charge in [-0.3, -0.25) is 4.79 Å². The third-order valence-corrected chi connectivity index (χ3v) is 2.99. The monoisotopic (exact) mass is 268 g/mol. The van der Waals surface area contributed by atoms with Gasteiger partial charge in [-0.2, -0.15) is 0 Å².